The Bertz CT molecular complexity index is 141. The van der Waals surface area contributed by atoms with Crippen molar-refractivity contribution in [2.24, 2.45) is 0 Å². The average Bonchev–Trinajstić information content (AvgIpc) is 2.34. The second-order valence-electron chi connectivity index (χ2n) is 3.49. The molecule has 112 valence electrons. The van der Waals surface area contributed by atoms with E-state index in [-0.39, 0.29) is 103 Å². The van der Waals surface area contributed by atoms with Crippen molar-refractivity contribution in [1.82, 2.24) is 9.80 Å². The Morgan fingerprint density at radius 3 is 0.750 bits per heavy atom. The van der Waals surface area contributed by atoms with E-state index in [0.29, 0.717) is 0 Å². The molecule has 0 fully saturated rings. The topological polar surface area (TPSA) is 69.7 Å². The van der Waals surface area contributed by atoms with E-state index in [9.17, 15) is 0 Å². The first-order valence-electron chi connectivity index (χ1n) is 6.75. The van der Waals surface area contributed by atoms with Crippen LogP contribution in [0.1, 0.15) is 41.5 Å². The number of rotatable bonds is 6. The fourth-order valence-corrected chi connectivity index (χ4v) is 1.34. The van der Waals surface area contributed by atoms with Gasteiger partial charge in [0.2, 0.25) is 0 Å². The van der Waals surface area contributed by atoms with Gasteiger partial charge in [0.15, 0.2) is 0 Å². The van der Waals surface area contributed by atoms with Gasteiger partial charge in [-0.1, -0.05) is 41.5 Å². The summed E-state index contributed by atoms with van der Waals surface area (Å²) in [6.07, 6.45) is -2.33. The zero-order valence-electron chi connectivity index (χ0n) is 14.9. The molecule has 0 atom stereocenters. The van der Waals surface area contributed by atoms with Gasteiger partial charge in [0.25, 0.3) is 0 Å². The molecule has 5 nitrogen and oxygen atoms in total. The zero-order chi connectivity index (χ0) is 15.0. The standard InChI is InChI=1S/2C6H15N.CH2O3.2K/c2*1-4-7(5-2)6-3;2-1(3)4;;/h2*4-6H2,1-3H3;(H2,2,3,4);;/q;;;2*+1/p-2. The molecule has 0 aliphatic carbocycles. The van der Waals surface area contributed by atoms with E-state index < -0.39 is 6.16 Å². The second kappa shape index (κ2) is 29.5. The summed E-state index contributed by atoms with van der Waals surface area (Å²) in [6.45, 7) is 20.2. The quantitative estimate of drug-likeness (QED) is 0.451. The number of carbonyl (C=O) groups is 1. The van der Waals surface area contributed by atoms with Crippen LogP contribution in [0.5, 0.6) is 0 Å². The maximum Gasteiger partial charge on any atom is 1.00 e. The summed E-state index contributed by atoms with van der Waals surface area (Å²) in [6, 6.07) is 0. The largest absolute Gasteiger partial charge is 1.00 e. The predicted molar refractivity (Wildman–Crippen MR) is 72.3 cm³/mol. The first-order valence-corrected chi connectivity index (χ1v) is 6.75. The Morgan fingerprint density at radius 1 is 0.650 bits per heavy atom. The van der Waals surface area contributed by atoms with Gasteiger partial charge in [-0.3, -0.25) is 0 Å². The SMILES string of the molecule is CCN(CC)CC.CCN(CC)CC.O=C([O-])[O-].[K+].[K+]. The molecule has 0 amide bonds. The van der Waals surface area contributed by atoms with Gasteiger partial charge >= 0.3 is 103 Å². The maximum absolute atomic E-state index is 8.33. The molecule has 0 N–H and O–H groups in total. The Labute approximate surface area is 210 Å². The van der Waals surface area contributed by atoms with Crippen LogP contribution in [0.25, 0.3) is 0 Å². The minimum atomic E-state index is -2.33. The number of hydrogen-bond donors (Lipinski definition) is 0. The molecule has 0 saturated heterocycles. The average molecular weight is 341 g/mol. The second-order valence-corrected chi connectivity index (χ2v) is 3.49. The molecule has 0 heterocycles. The third-order valence-electron chi connectivity index (χ3n) is 2.68. The summed E-state index contributed by atoms with van der Waals surface area (Å²) in [4.78, 5) is 13.1. The third-order valence-corrected chi connectivity index (χ3v) is 2.68. The van der Waals surface area contributed by atoms with E-state index in [2.05, 4.69) is 51.3 Å². The van der Waals surface area contributed by atoms with Gasteiger partial charge in [-0.25, -0.2) is 0 Å². The van der Waals surface area contributed by atoms with Gasteiger partial charge in [0.05, 0.1) is 0 Å². The van der Waals surface area contributed by atoms with Gasteiger partial charge in [0.1, 0.15) is 0 Å². The molecular weight excluding hydrogens is 310 g/mol. The van der Waals surface area contributed by atoms with Crippen LogP contribution < -0.4 is 113 Å². The molecule has 0 radical (unpaired) electrons. The van der Waals surface area contributed by atoms with Crippen molar-refractivity contribution in [2.45, 2.75) is 41.5 Å². The fourth-order valence-electron chi connectivity index (χ4n) is 1.34. The molecule has 0 spiro atoms. The van der Waals surface area contributed by atoms with E-state index in [1.807, 2.05) is 0 Å². The van der Waals surface area contributed by atoms with Crippen molar-refractivity contribution < 1.29 is 118 Å². The van der Waals surface area contributed by atoms with Crippen LogP contribution in [-0.2, 0) is 0 Å². The predicted octanol–water partition coefficient (Wildman–Crippen LogP) is -5.74. The monoisotopic (exact) mass is 340 g/mol. The van der Waals surface area contributed by atoms with Gasteiger partial charge in [-0.15, -0.1) is 0 Å². The fraction of sp³-hybridized carbons (Fsp3) is 0.923. The summed E-state index contributed by atoms with van der Waals surface area (Å²) in [7, 11) is 0. The van der Waals surface area contributed by atoms with Crippen molar-refractivity contribution in [1.29, 1.82) is 0 Å². The van der Waals surface area contributed by atoms with Crippen LogP contribution in [0, 0.1) is 0 Å². The van der Waals surface area contributed by atoms with Crippen LogP contribution in [0.3, 0.4) is 0 Å². The molecule has 20 heavy (non-hydrogen) atoms. The molecule has 0 bridgehead atoms. The minimum absolute atomic E-state index is 0. The minimum Gasteiger partial charge on any atom is -0.652 e. The molecule has 0 unspecified atom stereocenters. The molecule has 7 heteroatoms. The molecule has 0 aromatic carbocycles. The van der Waals surface area contributed by atoms with Crippen molar-refractivity contribution >= 4 is 6.16 Å². The number of hydrogen-bond acceptors (Lipinski definition) is 5. The van der Waals surface area contributed by atoms with E-state index in [1.54, 1.807) is 0 Å². The van der Waals surface area contributed by atoms with E-state index in [1.165, 1.54) is 39.3 Å². The molecule has 0 aromatic rings. The normalized spacial score (nSPS) is 8.40. The molecule has 0 aromatic heterocycles. The smallest absolute Gasteiger partial charge is 0.652 e. The van der Waals surface area contributed by atoms with E-state index >= 15 is 0 Å². The molecule has 0 aliphatic heterocycles. The summed E-state index contributed by atoms with van der Waals surface area (Å²) in [5, 5.41) is 16.7. The van der Waals surface area contributed by atoms with Crippen molar-refractivity contribution in [2.75, 3.05) is 39.3 Å². The van der Waals surface area contributed by atoms with Crippen LogP contribution >= 0.6 is 0 Å². The maximum atomic E-state index is 8.33. The zero-order valence-corrected chi connectivity index (χ0v) is 21.1. The van der Waals surface area contributed by atoms with Crippen molar-refractivity contribution in [3.05, 3.63) is 0 Å². The first kappa shape index (κ1) is 33.9. The summed E-state index contributed by atoms with van der Waals surface area (Å²) in [5.41, 5.74) is 0. The van der Waals surface area contributed by atoms with E-state index in [4.69, 9.17) is 15.0 Å². The van der Waals surface area contributed by atoms with Gasteiger partial charge in [-0.05, 0) is 45.4 Å². The molecule has 0 aliphatic rings. The Hall–Kier alpha value is 2.46. The van der Waals surface area contributed by atoms with Crippen LogP contribution in [0.15, 0.2) is 0 Å². The molecular formula is C13H30K2N2O3. The number of nitrogens with zero attached hydrogens (tertiary/aromatic N) is 2. The van der Waals surface area contributed by atoms with Crippen LogP contribution in [0.2, 0.25) is 0 Å². The van der Waals surface area contributed by atoms with Gasteiger partial charge < -0.3 is 24.8 Å². The third kappa shape index (κ3) is 37.1. The molecule has 0 rings (SSSR count). The molecule has 0 saturated carbocycles. The van der Waals surface area contributed by atoms with Crippen LogP contribution in [0.4, 0.5) is 4.79 Å². The summed E-state index contributed by atoms with van der Waals surface area (Å²) in [5.74, 6) is 0. The Balaban J connectivity index is -0.0000000555. The van der Waals surface area contributed by atoms with Crippen molar-refractivity contribution in [3.63, 3.8) is 0 Å². The van der Waals surface area contributed by atoms with Crippen molar-refractivity contribution in [3.8, 4) is 0 Å². The van der Waals surface area contributed by atoms with E-state index in [0.717, 1.165) is 0 Å². The Kier molecular flexibility index (Phi) is 50.0. The van der Waals surface area contributed by atoms with Crippen LogP contribution in [-0.4, -0.2) is 55.2 Å². The number of carbonyl (C=O) groups excluding carboxylic acids is 1. The summed E-state index contributed by atoms with van der Waals surface area (Å²) >= 11 is 0. The number of carboxylic acid groups (broad SMARTS) is 2. The summed E-state index contributed by atoms with van der Waals surface area (Å²) < 4.78 is 0. The van der Waals surface area contributed by atoms with Gasteiger partial charge in [0, 0.05) is 0 Å². The Morgan fingerprint density at radius 2 is 0.750 bits per heavy atom. The van der Waals surface area contributed by atoms with Gasteiger partial charge in [-0.2, -0.15) is 0 Å². The first-order chi connectivity index (χ1) is 8.42.